The van der Waals surface area contributed by atoms with Crippen molar-refractivity contribution in [1.29, 1.82) is 0 Å². The van der Waals surface area contributed by atoms with Gasteiger partial charge in [-0.15, -0.1) is 6.42 Å². The van der Waals surface area contributed by atoms with Crippen molar-refractivity contribution in [3.05, 3.63) is 29.3 Å². The predicted molar refractivity (Wildman–Crippen MR) is 36.9 cm³/mol. The Kier molecular flexibility index (Phi) is 1.68. The molecule has 0 atom stereocenters. The maximum absolute atomic E-state index is 12.3. The molecule has 0 amide bonds. The summed E-state index contributed by atoms with van der Waals surface area (Å²) >= 11 is 0. The number of nitrogens with zero attached hydrogens (tertiary/aromatic N) is 1. The second-order valence-corrected chi connectivity index (χ2v) is 1.91. The van der Waals surface area contributed by atoms with Crippen molar-refractivity contribution < 1.29 is 4.39 Å². The van der Waals surface area contributed by atoms with Gasteiger partial charge in [-0.3, -0.25) is 0 Å². The van der Waals surface area contributed by atoms with Crippen LogP contribution in [0.2, 0.25) is 0 Å². The Hall–Kier alpha value is -1.36. The van der Waals surface area contributed by atoms with Gasteiger partial charge in [0, 0.05) is 5.56 Å². The minimum absolute atomic E-state index is 0.489. The number of pyridine rings is 1. The van der Waals surface area contributed by atoms with Gasteiger partial charge >= 0.3 is 0 Å². The predicted octanol–water partition coefficient (Wildman–Crippen LogP) is 1.51. The standard InChI is InChI=1S/C8H6FN/c1-3-7-4-5-8(9)10-6(7)2/h1,4-5H,2H3. The van der Waals surface area contributed by atoms with E-state index < -0.39 is 5.95 Å². The van der Waals surface area contributed by atoms with E-state index >= 15 is 0 Å². The van der Waals surface area contributed by atoms with Crippen LogP contribution in [0.3, 0.4) is 0 Å². The Labute approximate surface area is 58.9 Å². The van der Waals surface area contributed by atoms with E-state index in [9.17, 15) is 4.39 Å². The zero-order valence-corrected chi connectivity index (χ0v) is 5.56. The third-order valence-electron chi connectivity index (χ3n) is 1.21. The van der Waals surface area contributed by atoms with Gasteiger partial charge in [0.15, 0.2) is 0 Å². The zero-order chi connectivity index (χ0) is 7.56. The van der Waals surface area contributed by atoms with E-state index in [1.54, 1.807) is 6.92 Å². The van der Waals surface area contributed by atoms with Crippen molar-refractivity contribution >= 4 is 0 Å². The number of halogens is 1. The molecule has 50 valence electrons. The van der Waals surface area contributed by atoms with Crippen LogP contribution in [0, 0.1) is 25.2 Å². The van der Waals surface area contributed by atoms with Gasteiger partial charge in [-0.1, -0.05) is 5.92 Å². The van der Waals surface area contributed by atoms with Crippen LogP contribution in [0.25, 0.3) is 0 Å². The molecular formula is C8H6FN. The summed E-state index contributed by atoms with van der Waals surface area (Å²) in [5.41, 5.74) is 1.20. The van der Waals surface area contributed by atoms with E-state index in [1.165, 1.54) is 12.1 Å². The van der Waals surface area contributed by atoms with Crippen molar-refractivity contribution in [2.24, 2.45) is 0 Å². The maximum Gasteiger partial charge on any atom is 0.213 e. The fraction of sp³-hybridized carbons (Fsp3) is 0.125. The van der Waals surface area contributed by atoms with Crippen molar-refractivity contribution in [3.63, 3.8) is 0 Å². The molecule has 0 fully saturated rings. The molecule has 1 aromatic rings. The van der Waals surface area contributed by atoms with E-state index in [-0.39, 0.29) is 0 Å². The summed E-state index contributed by atoms with van der Waals surface area (Å²) in [6.07, 6.45) is 5.09. The van der Waals surface area contributed by atoms with Gasteiger partial charge in [0.1, 0.15) is 0 Å². The Morgan fingerprint density at radius 2 is 2.30 bits per heavy atom. The van der Waals surface area contributed by atoms with Gasteiger partial charge in [0.2, 0.25) is 5.95 Å². The molecule has 0 aliphatic carbocycles. The molecule has 0 radical (unpaired) electrons. The summed E-state index contributed by atoms with van der Waals surface area (Å²) < 4.78 is 12.3. The van der Waals surface area contributed by atoms with Crippen LogP contribution in [-0.4, -0.2) is 4.98 Å². The highest BCUT2D eigenvalue weighted by atomic mass is 19.1. The van der Waals surface area contributed by atoms with Crippen LogP contribution in [-0.2, 0) is 0 Å². The van der Waals surface area contributed by atoms with Gasteiger partial charge < -0.3 is 0 Å². The molecule has 1 rings (SSSR count). The van der Waals surface area contributed by atoms with Gasteiger partial charge in [0.25, 0.3) is 0 Å². The minimum Gasteiger partial charge on any atom is -0.224 e. The molecule has 0 N–H and O–H groups in total. The summed E-state index contributed by atoms with van der Waals surface area (Å²) in [5.74, 6) is 1.90. The molecule has 1 heterocycles. The van der Waals surface area contributed by atoms with Crippen LogP contribution < -0.4 is 0 Å². The lowest BCUT2D eigenvalue weighted by molar-refractivity contribution is 0.579. The molecule has 0 aliphatic rings. The van der Waals surface area contributed by atoms with E-state index in [0.29, 0.717) is 11.3 Å². The van der Waals surface area contributed by atoms with Crippen LogP contribution in [0.5, 0.6) is 0 Å². The molecule has 2 heteroatoms. The van der Waals surface area contributed by atoms with Crippen molar-refractivity contribution in [3.8, 4) is 12.3 Å². The number of aryl methyl sites for hydroxylation is 1. The second-order valence-electron chi connectivity index (χ2n) is 1.91. The number of terminal acetylenes is 1. The summed E-state index contributed by atoms with van der Waals surface area (Å²) in [5, 5.41) is 0. The van der Waals surface area contributed by atoms with E-state index in [0.717, 1.165) is 0 Å². The Morgan fingerprint density at radius 3 is 2.80 bits per heavy atom. The highest BCUT2D eigenvalue weighted by Crippen LogP contribution is 2.02. The first-order valence-corrected chi connectivity index (χ1v) is 2.84. The molecule has 0 saturated carbocycles. The molecule has 0 unspecified atom stereocenters. The van der Waals surface area contributed by atoms with E-state index in [4.69, 9.17) is 6.42 Å². The topological polar surface area (TPSA) is 12.9 Å². The van der Waals surface area contributed by atoms with Gasteiger partial charge in [-0.2, -0.15) is 4.39 Å². The summed E-state index contributed by atoms with van der Waals surface area (Å²) in [6.45, 7) is 1.68. The van der Waals surface area contributed by atoms with E-state index in [1.807, 2.05) is 0 Å². The first kappa shape index (κ1) is 6.76. The fourth-order valence-electron chi connectivity index (χ4n) is 0.683. The Morgan fingerprint density at radius 1 is 1.60 bits per heavy atom. The number of hydrogen-bond acceptors (Lipinski definition) is 1. The zero-order valence-electron chi connectivity index (χ0n) is 5.56. The first-order valence-electron chi connectivity index (χ1n) is 2.84. The van der Waals surface area contributed by atoms with Gasteiger partial charge in [-0.05, 0) is 19.1 Å². The Bertz CT molecular complexity index is 286. The normalized spacial score (nSPS) is 8.90. The van der Waals surface area contributed by atoms with Crippen LogP contribution in [0.15, 0.2) is 12.1 Å². The third-order valence-corrected chi connectivity index (χ3v) is 1.21. The average molecular weight is 135 g/mol. The minimum atomic E-state index is -0.489. The quantitative estimate of drug-likeness (QED) is 0.388. The lowest BCUT2D eigenvalue weighted by Crippen LogP contribution is -1.89. The molecular weight excluding hydrogens is 129 g/mol. The highest BCUT2D eigenvalue weighted by Gasteiger charge is 1.96. The molecule has 0 spiro atoms. The fourth-order valence-corrected chi connectivity index (χ4v) is 0.683. The molecule has 1 aromatic heterocycles. The monoisotopic (exact) mass is 135 g/mol. The summed E-state index contributed by atoms with van der Waals surface area (Å²) in [4.78, 5) is 3.54. The summed E-state index contributed by atoms with van der Waals surface area (Å²) in [6, 6.07) is 2.79. The SMILES string of the molecule is C#Cc1ccc(F)nc1C. The van der Waals surface area contributed by atoms with Crippen LogP contribution >= 0.6 is 0 Å². The summed E-state index contributed by atoms with van der Waals surface area (Å²) in [7, 11) is 0. The van der Waals surface area contributed by atoms with Crippen molar-refractivity contribution in [1.82, 2.24) is 4.98 Å². The first-order chi connectivity index (χ1) is 4.74. The number of aromatic nitrogens is 1. The van der Waals surface area contributed by atoms with Crippen LogP contribution in [0.1, 0.15) is 11.3 Å². The molecule has 1 nitrogen and oxygen atoms in total. The van der Waals surface area contributed by atoms with Gasteiger partial charge in [0.05, 0.1) is 5.69 Å². The number of rotatable bonds is 0. The molecule has 10 heavy (non-hydrogen) atoms. The second kappa shape index (κ2) is 2.49. The highest BCUT2D eigenvalue weighted by molar-refractivity contribution is 5.34. The van der Waals surface area contributed by atoms with Gasteiger partial charge in [-0.25, -0.2) is 4.98 Å². The van der Waals surface area contributed by atoms with Crippen molar-refractivity contribution in [2.75, 3.05) is 0 Å². The Balaban J connectivity index is 3.23. The molecule has 0 aliphatic heterocycles. The lowest BCUT2D eigenvalue weighted by Gasteiger charge is -1.94. The number of hydrogen-bond donors (Lipinski definition) is 0. The van der Waals surface area contributed by atoms with Crippen molar-refractivity contribution in [2.45, 2.75) is 6.92 Å². The van der Waals surface area contributed by atoms with E-state index in [2.05, 4.69) is 10.9 Å². The van der Waals surface area contributed by atoms with Crippen LogP contribution in [0.4, 0.5) is 4.39 Å². The average Bonchev–Trinajstić information content (AvgIpc) is 1.88. The molecule has 0 bridgehead atoms. The lowest BCUT2D eigenvalue weighted by atomic mass is 10.2. The molecule has 0 aromatic carbocycles. The largest absolute Gasteiger partial charge is 0.224 e. The maximum atomic E-state index is 12.3. The molecule has 0 saturated heterocycles. The smallest absolute Gasteiger partial charge is 0.213 e. The third kappa shape index (κ3) is 1.14.